The molecule has 2 aromatic heterocycles. The minimum absolute atomic E-state index is 0.134. The molecule has 0 aliphatic carbocycles. The maximum absolute atomic E-state index is 13.0. The number of hydrogen-bond acceptors (Lipinski definition) is 7. The Labute approximate surface area is 200 Å². The smallest absolute Gasteiger partial charge is 0.237 e. The zero-order chi connectivity index (χ0) is 22.7. The van der Waals surface area contributed by atoms with E-state index in [1.54, 1.807) is 24.5 Å². The summed E-state index contributed by atoms with van der Waals surface area (Å²) in [7, 11) is 1.55. The van der Waals surface area contributed by atoms with Crippen molar-refractivity contribution in [3.8, 4) is 16.5 Å². The summed E-state index contributed by atoms with van der Waals surface area (Å²) in [4.78, 5) is 14.0. The van der Waals surface area contributed by atoms with Crippen LogP contribution in [0.1, 0.15) is 25.3 Å². The molecule has 1 N–H and O–H groups in total. The van der Waals surface area contributed by atoms with Crippen LogP contribution in [-0.4, -0.2) is 45.7 Å². The first-order valence-corrected chi connectivity index (χ1v) is 12.5. The third-order valence-corrected chi connectivity index (χ3v) is 7.61. The first-order valence-electron chi connectivity index (χ1n) is 10.4. The molecule has 2 atom stereocenters. The van der Waals surface area contributed by atoms with Crippen molar-refractivity contribution in [2.75, 3.05) is 19.0 Å². The summed E-state index contributed by atoms with van der Waals surface area (Å²) in [6, 6.07) is 7.54. The fourth-order valence-corrected chi connectivity index (χ4v) is 5.23. The number of rotatable bonds is 8. The summed E-state index contributed by atoms with van der Waals surface area (Å²) in [5.41, 5.74) is 1.45. The second kappa shape index (κ2) is 10.2. The van der Waals surface area contributed by atoms with E-state index in [4.69, 9.17) is 21.1 Å². The number of anilines is 1. The van der Waals surface area contributed by atoms with Gasteiger partial charge in [-0.25, -0.2) is 0 Å². The van der Waals surface area contributed by atoms with Crippen LogP contribution in [0.25, 0.3) is 10.7 Å². The molecular weight excluding hydrogens is 468 g/mol. The molecule has 0 radical (unpaired) electrons. The average molecular weight is 493 g/mol. The van der Waals surface area contributed by atoms with Crippen molar-refractivity contribution in [3.05, 3.63) is 40.2 Å². The summed E-state index contributed by atoms with van der Waals surface area (Å²) < 4.78 is 13.3. The Morgan fingerprint density at radius 2 is 2.31 bits per heavy atom. The summed E-state index contributed by atoms with van der Waals surface area (Å²) in [5, 5.41) is 14.7. The van der Waals surface area contributed by atoms with E-state index in [1.807, 2.05) is 37.4 Å². The number of ether oxygens (including phenoxy) is 2. The lowest BCUT2D eigenvalue weighted by Gasteiger charge is -2.17. The molecule has 3 aromatic rings. The van der Waals surface area contributed by atoms with E-state index in [2.05, 4.69) is 20.1 Å². The van der Waals surface area contributed by atoms with E-state index >= 15 is 0 Å². The highest BCUT2D eigenvalue weighted by atomic mass is 35.5. The molecule has 3 heterocycles. The molecule has 32 heavy (non-hydrogen) atoms. The number of thiophene rings is 1. The average Bonchev–Trinajstić information content (AvgIpc) is 3.54. The van der Waals surface area contributed by atoms with Crippen molar-refractivity contribution < 1.29 is 14.3 Å². The van der Waals surface area contributed by atoms with Gasteiger partial charge < -0.3 is 14.8 Å². The Morgan fingerprint density at radius 1 is 1.47 bits per heavy atom. The number of hydrogen-bond donors (Lipinski definition) is 1. The highest BCUT2D eigenvalue weighted by molar-refractivity contribution is 8.00. The SMILES string of the molecule is COc1cc(Cl)c(C)cc1NC(=O)C(C)Sc1nnc(-c2cccs2)n1CC1CCCO1. The maximum atomic E-state index is 13.0. The number of carbonyl (C=O) groups excluding carboxylic acids is 1. The standard InChI is InChI=1S/C22H25ClN4O3S2/c1-13-10-17(18(29-3)11-16(13)23)24-21(28)14(2)32-22-26-25-20(19-7-5-9-31-19)27(22)12-15-6-4-8-30-15/h5,7,9-11,14-15H,4,6,8,12H2,1-3H3,(H,24,28). The highest BCUT2D eigenvalue weighted by Crippen LogP contribution is 2.33. The topological polar surface area (TPSA) is 78.3 Å². The maximum Gasteiger partial charge on any atom is 0.237 e. The van der Waals surface area contributed by atoms with Gasteiger partial charge in [0.25, 0.3) is 0 Å². The van der Waals surface area contributed by atoms with Gasteiger partial charge in [0.2, 0.25) is 5.91 Å². The van der Waals surface area contributed by atoms with Crippen LogP contribution >= 0.6 is 34.7 Å². The van der Waals surface area contributed by atoms with E-state index in [0.717, 1.165) is 35.7 Å². The Bertz CT molecular complexity index is 1080. The minimum Gasteiger partial charge on any atom is -0.495 e. The molecule has 1 aliphatic heterocycles. The van der Waals surface area contributed by atoms with E-state index in [0.29, 0.717) is 28.2 Å². The number of methoxy groups -OCH3 is 1. The number of thioether (sulfide) groups is 1. The quantitative estimate of drug-likeness (QED) is 0.431. The molecule has 0 saturated carbocycles. The first kappa shape index (κ1) is 23.1. The predicted molar refractivity (Wildman–Crippen MR) is 129 cm³/mol. The van der Waals surface area contributed by atoms with Gasteiger partial charge in [-0.2, -0.15) is 0 Å². The lowest BCUT2D eigenvalue weighted by atomic mass is 10.2. The fourth-order valence-electron chi connectivity index (χ4n) is 3.50. The van der Waals surface area contributed by atoms with Gasteiger partial charge >= 0.3 is 0 Å². The van der Waals surface area contributed by atoms with Crippen molar-refractivity contribution in [2.24, 2.45) is 0 Å². The number of nitrogens with one attached hydrogen (secondary N) is 1. The second-order valence-corrected chi connectivity index (χ2v) is 10.2. The molecular formula is C22H25ClN4O3S2. The van der Waals surface area contributed by atoms with E-state index in [9.17, 15) is 4.79 Å². The van der Waals surface area contributed by atoms with Crippen LogP contribution in [0.2, 0.25) is 5.02 Å². The third-order valence-electron chi connectivity index (χ3n) is 5.26. The molecule has 1 saturated heterocycles. The van der Waals surface area contributed by atoms with Crippen LogP contribution in [0.3, 0.4) is 0 Å². The molecule has 1 aliphatic rings. The summed E-state index contributed by atoms with van der Waals surface area (Å²) in [6.07, 6.45) is 2.21. The molecule has 7 nitrogen and oxygen atoms in total. The Kier molecular flexibility index (Phi) is 7.40. The van der Waals surface area contributed by atoms with Crippen molar-refractivity contribution >= 4 is 46.3 Å². The number of nitrogens with zero attached hydrogens (tertiary/aromatic N) is 3. The highest BCUT2D eigenvalue weighted by Gasteiger charge is 2.25. The lowest BCUT2D eigenvalue weighted by molar-refractivity contribution is -0.115. The summed E-state index contributed by atoms with van der Waals surface area (Å²) in [6.45, 7) is 5.19. The van der Waals surface area contributed by atoms with Gasteiger partial charge in [0.05, 0.1) is 35.6 Å². The van der Waals surface area contributed by atoms with Gasteiger partial charge in [-0.1, -0.05) is 29.4 Å². The van der Waals surface area contributed by atoms with Crippen LogP contribution < -0.4 is 10.1 Å². The number of halogens is 1. The molecule has 2 unspecified atom stereocenters. The predicted octanol–water partition coefficient (Wildman–Crippen LogP) is 5.28. The second-order valence-electron chi connectivity index (χ2n) is 7.58. The van der Waals surface area contributed by atoms with Crippen LogP contribution in [-0.2, 0) is 16.1 Å². The van der Waals surface area contributed by atoms with Crippen molar-refractivity contribution in [2.45, 2.75) is 49.7 Å². The lowest BCUT2D eigenvalue weighted by Crippen LogP contribution is -2.24. The molecule has 1 fully saturated rings. The van der Waals surface area contributed by atoms with Crippen molar-refractivity contribution in [3.63, 3.8) is 0 Å². The van der Waals surface area contributed by atoms with Gasteiger partial charge in [0.15, 0.2) is 11.0 Å². The molecule has 170 valence electrons. The Balaban J connectivity index is 1.53. The number of amides is 1. The Morgan fingerprint density at radius 3 is 3.00 bits per heavy atom. The number of carbonyl (C=O) groups is 1. The third kappa shape index (κ3) is 5.11. The molecule has 0 spiro atoms. The van der Waals surface area contributed by atoms with Crippen LogP contribution in [0.4, 0.5) is 5.69 Å². The van der Waals surface area contributed by atoms with Crippen molar-refractivity contribution in [1.82, 2.24) is 14.8 Å². The first-order chi connectivity index (χ1) is 15.5. The van der Waals surface area contributed by atoms with Gasteiger partial charge in [0, 0.05) is 17.7 Å². The zero-order valence-corrected chi connectivity index (χ0v) is 20.5. The largest absolute Gasteiger partial charge is 0.495 e. The molecule has 1 amide bonds. The van der Waals surface area contributed by atoms with Gasteiger partial charge in [-0.05, 0) is 49.8 Å². The molecule has 0 bridgehead atoms. The summed E-state index contributed by atoms with van der Waals surface area (Å²) in [5.74, 6) is 1.17. The number of benzene rings is 1. The normalized spacial score (nSPS) is 16.8. The van der Waals surface area contributed by atoms with Crippen LogP contribution in [0.5, 0.6) is 5.75 Å². The van der Waals surface area contributed by atoms with Gasteiger partial charge in [0.1, 0.15) is 5.75 Å². The van der Waals surface area contributed by atoms with Crippen molar-refractivity contribution in [1.29, 1.82) is 0 Å². The minimum atomic E-state index is -0.403. The number of aryl methyl sites for hydroxylation is 1. The number of aromatic nitrogens is 3. The Hall–Kier alpha value is -2.07. The molecule has 4 rings (SSSR count). The zero-order valence-electron chi connectivity index (χ0n) is 18.1. The van der Waals surface area contributed by atoms with Crippen LogP contribution in [0, 0.1) is 6.92 Å². The molecule has 10 heteroatoms. The molecule has 1 aromatic carbocycles. The monoisotopic (exact) mass is 492 g/mol. The van der Waals surface area contributed by atoms with Gasteiger partial charge in [-0.15, -0.1) is 21.5 Å². The van der Waals surface area contributed by atoms with Crippen LogP contribution in [0.15, 0.2) is 34.8 Å². The fraction of sp³-hybridized carbons (Fsp3) is 0.409. The van der Waals surface area contributed by atoms with E-state index in [-0.39, 0.29) is 12.0 Å². The summed E-state index contributed by atoms with van der Waals surface area (Å²) >= 11 is 9.18. The van der Waals surface area contributed by atoms with E-state index in [1.165, 1.54) is 11.8 Å². The van der Waals surface area contributed by atoms with Gasteiger partial charge in [-0.3, -0.25) is 9.36 Å². The van der Waals surface area contributed by atoms with E-state index < -0.39 is 5.25 Å².